The van der Waals surface area contributed by atoms with Crippen LogP contribution < -0.4 is 9.47 Å². The third-order valence-corrected chi connectivity index (χ3v) is 6.40. The third-order valence-electron chi connectivity index (χ3n) is 6.40. The highest BCUT2D eigenvalue weighted by Gasteiger charge is 2.32. The fraction of sp³-hybridized carbons (Fsp3) is 0.310. The van der Waals surface area contributed by atoms with Gasteiger partial charge in [-0.3, -0.25) is 9.69 Å². The average Bonchev–Trinajstić information content (AvgIpc) is 2.90. The highest BCUT2D eigenvalue weighted by atomic mass is 19.1. The van der Waals surface area contributed by atoms with Crippen LogP contribution in [0.1, 0.15) is 30.5 Å². The first-order valence-corrected chi connectivity index (χ1v) is 12.0. The number of ether oxygens (including phenoxy) is 2. The zero-order valence-electron chi connectivity index (χ0n) is 20.6. The normalized spacial score (nSPS) is 17.9. The standard InChI is InChI=1S/C29H30FN3O3/c1-21-17-33(22(2)16-32(21)18-23-8-11-26(30)12-9-23)29(34)20-36-27-13-10-25(15-31)14-28(27)35-19-24-6-4-3-5-7-24/h3-14,21-22H,16-20H2,1-2H3/t21-,22+/m1/s1. The molecule has 6 nitrogen and oxygen atoms in total. The van der Waals surface area contributed by atoms with Crippen LogP contribution in [-0.2, 0) is 17.9 Å². The minimum absolute atomic E-state index is 0.00696. The van der Waals surface area contributed by atoms with Crippen LogP contribution in [0.4, 0.5) is 4.39 Å². The first-order valence-electron chi connectivity index (χ1n) is 12.0. The van der Waals surface area contributed by atoms with Gasteiger partial charge in [0.05, 0.1) is 11.6 Å². The molecule has 0 N–H and O–H groups in total. The summed E-state index contributed by atoms with van der Waals surface area (Å²) in [5.41, 5.74) is 2.49. The Labute approximate surface area is 211 Å². The summed E-state index contributed by atoms with van der Waals surface area (Å²) in [5.74, 6) is 0.505. The molecule has 3 aromatic carbocycles. The van der Waals surface area contributed by atoms with Gasteiger partial charge in [-0.25, -0.2) is 4.39 Å². The van der Waals surface area contributed by atoms with E-state index >= 15 is 0 Å². The summed E-state index contributed by atoms with van der Waals surface area (Å²) in [6.07, 6.45) is 0. The molecule has 1 amide bonds. The zero-order chi connectivity index (χ0) is 25.5. The summed E-state index contributed by atoms with van der Waals surface area (Å²) in [5, 5.41) is 9.28. The first-order chi connectivity index (χ1) is 17.4. The summed E-state index contributed by atoms with van der Waals surface area (Å²) in [6.45, 7) is 6.32. The predicted molar refractivity (Wildman–Crippen MR) is 135 cm³/mol. The van der Waals surface area contributed by atoms with Crippen molar-refractivity contribution in [2.75, 3.05) is 19.7 Å². The van der Waals surface area contributed by atoms with Crippen molar-refractivity contribution in [2.24, 2.45) is 0 Å². The molecule has 1 saturated heterocycles. The lowest BCUT2D eigenvalue weighted by Gasteiger charge is -2.44. The van der Waals surface area contributed by atoms with E-state index in [1.54, 1.807) is 30.3 Å². The Morgan fingerprint density at radius 3 is 2.42 bits per heavy atom. The number of piperazine rings is 1. The van der Waals surface area contributed by atoms with E-state index in [2.05, 4.69) is 17.9 Å². The van der Waals surface area contributed by atoms with Crippen molar-refractivity contribution in [1.82, 2.24) is 9.80 Å². The maximum absolute atomic E-state index is 13.2. The van der Waals surface area contributed by atoms with Crippen molar-refractivity contribution in [3.63, 3.8) is 0 Å². The van der Waals surface area contributed by atoms with Crippen molar-refractivity contribution >= 4 is 5.91 Å². The molecule has 0 aromatic heterocycles. The van der Waals surface area contributed by atoms with Gasteiger partial charge in [-0.2, -0.15) is 5.26 Å². The zero-order valence-corrected chi connectivity index (χ0v) is 20.6. The SMILES string of the molecule is C[C@@H]1CN(C(=O)COc2ccc(C#N)cc2OCc2ccccc2)[C@@H](C)CN1Cc1ccc(F)cc1. The smallest absolute Gasteiger partial charge is 0.260 e. The van der Waals surface area contributed by atoms with Crippen LogP contribution in [0.5, 0.6) is 11.5 Å². The van der Waals surface area contributed by atoms with Gasteiger partial charge >= 0.3 is 0 Å². The van der Waals surface area contributed by atoms with E-state index < -0.39 is 0 Å². The molecule has 1 fully saturated rings. The van der Waals surface area contributed by atoms with E-state index in [0.29, 0.717) is 43.3 Å². The topological polar surface area (TPSA) is 65.8 Å². The molecule has 0 spiro atoms. The number of hydrogen-bond acceptors (Lipinski definition) is 5. The second-order valence-corrected chi connectivity index (χ2v) is 9.14. The summed E-state index contributed by atoms with van der Waals surface area (Å²) in [6, 6.07) is 23.5. The van der Waals surface area contributed by atoms with E-state index in [1.165, 1.54) is 12.1 Å². The Bertz CT molecular complexity index is 1210. The van der Waals surface area contributed by atoms with Crippen LogP contribution in [0.2, 0.25) is 0 Å². The average molecular weight is 488 g/mol. The van der Waals surface area contributed by atoms with Gasteiger partial charge in [-0.05, 0) is 49.2 Å². The molecular weight excluding hydrogens is 457 g/mol. The van der Waals surface area contributed by atoms with Gasteiger partial charge in [0.2, 0.25) is 0 Å². The third kappa shape index (κ3) is 6.41. The van der Waals surface area contributed by atoms with Gasteiger partial charge in [0.15, 0.2) is 18.1 Å². The maximum atomic E-state index is 13.2. The Hall–Kier alpha value is -3.89. The number of rotatable bonds is 8. The van der Waals surface area contributed by atoms with Crippen molar-refractivity contribution in [2.45, 2.75) is 39.1 Å². The number of nitriles is 1. The lowest BCUT2D eigenvalue weighted by Crippen LogP contribution is -2.58. The molecule has 7 heteroatoms. The number of carbonyl (C=O) groups is 1. The van der Waals surface area contributed by atoms with Crippen LogP contribution >= 0.6 is 0 Å². The highest BCUT2D eigenvalue weighted by Crippen LogP contribution is 2.29. The Balaban J connectivity index is 1.36. The van der Waals surface area contributed by atoms with Gasteiger partial charge < -0.3 is 14.4 Å². The molecule has 0 saturated carbocycles. The second-order valence-electron chi connectivity index (χ2n) is 9.14. The molecule has 1 heterocycles. The fourth-order valence-corrected chi connectivity index (χ4v) is 4.36. The van der Waals surface area contributed by atoms with Crippen LogP contribution in [0.15, 0.2) is 72.8 Å². The summed E-state index contributed by atoms with van der Waals surface area (Å²) in [4.78, 5) is 17.2. The molecule has 1 aliphatic heterocycles. The molecule has 186 valence electrons. The van der Waals surface area contributed by atoms with E-state index in [9.17, 15) is 14.4 Å². The monoisotopic (exact) mass is 487 g/mol. The fourth-order valence-electron chi connectivity index (χ4n) is 4.36. The van der Waals surface area contributed by atoms with E-state index in [-0.39, 0.29) is 30.4 Å². The number of halogens is 1. The Morgan fingerprint density at radius 2 is 1.69 bits per heavy atom. The highest BCUT2D eigenvalue weighted by molar-refractivity contribution is 5.78. The molecule has 4 rings (SSSR count). The van der Waals surface area contributed by atoms with Crippen LogP contribution in [-0.4, -0.2) is 47.5 Å². The molecule has 0 radical (unpaired) electrons. The van der Waals surface area contributed by atoms with E-state index in [4.69, 9.17) is 9.47 Å². The molecule has 3 aromatic rings. The largest absolute Gasteiger partial charge is 0.485 e. The molecule has 36 heavy (non-hydrogen) atoms. The summed E-state index contributed by atoms with van der Waals surface area (Å²) < 4.78 is 25.0. The van der Waals surface area contributed by atoms with Gasteiger partial charge in [-0.15, -0.1) is 0 Å². The maximum Gasteiger partial charge on any atom is 0.260 e. The van der Waals surface area contributed by atoms with Gasteiger partial charge in [0, 0.05) is 37.8 Å². The molecule has 1 aliphatic rings. The first kappa shape index (κ1) is 25.2. The van der Waals surface area contributed by atoms with Gasteiger partial charge in [0.25, 0.3) is 5.91 Å². The minimum Gasteiger partial charge on any atom is -0.485 e. The Kier molecular flexibility index (Phi) is 8.19. The van der Waals surface area contributed by atoms with Crippen molar-refractivity contribution in [3.8, 4) is 17.6 Å². The number of benzene rings is 3. The van der Waals surface area contributed by atoms with Crippen LogP contribution in [0.25, 0.3) is 0 Å². The lowest BCUT2D eigenvalue weighted by molar-refractivity contribution is -0.139. The van der Waals surface area contributed by atoms with Crippen LogP contribution in [0, 0.1) is 17.1 Å². The molecule has 0 unspecified atom stereocenters. The molecule has 0 bridgehead atoms. The van der Waals surface area contributed by atoms with Crippen molar-refractivity contribution in [3.05, 3.63) is 95.3 Å². The number of carbonyl (C=O) groups excluding carboxylic acids is 1. The van der Waals surface area contributed by atoms with Crippen molar-refractivity contribution in [1.29, 1.82) is 5.26 Å². The predicted octanol–water partition coefficient (Wildman–Crippen LogP) is 4.78. The second kappa shape index (κ2) is 11.7. The van der Waals surface area contributed by atoms with E-state index in [1.807, 2.05) is 42.2 Å². The quantitative estimate of drug-likeness (QED) is 0.458. The summed E-state index contributed by atoms with van der Waals surface area (Å²) in [7, 11) is 0. The molecule has 2 atom stereocenters. The minimum atomic E-state index is -0.244. The molecule has 0 aliphatic carbocycles. The van der Waals surface area contributed by atoms with E-state index in [0.717, 1.165) is 11.1 Å². The van der Waals surface area contributed by atoms with Crippen LogP contribution in [0.3, 0.4) is 0 Å². The van der Waals surface area contributed by atoms with Gasteiger partial charge in [-0.1, -0.05) is 42.5 Å². The number of amides is 1. The number of hydrogen-bond donors (Lipinski definition) is 0. The summed E-state index contributed by atoms with van der Waals surface area (Å²) >= 11 is 0. The van der Waals surface area contributed by atoms with Gasteiger partial charge in [0.1, 0.15) is 12.4 Å². The Morgan fingerprint density at radius 1 is 0.944 bits per heavy atom. The number of nitrogens with zero attached hydrogens (tertiary/aromatic N) is 3. The van der Waals surface area contributed by atoms with Crippen molar-refractivity contribution < 1.29 is 18.7 Å². The molecular formula is C29H30FN3O3. The lowest BCUT2D eigenvalue weighted by atomic mass is 10.1.